The summed E-state index contributed by atoms with van der Waals surface area (Å²) in [6, 6.07) is 0.710. The van der Waals surface area contributed by atoms with Crippen molar-refractivity contribution in [3.8, 4) is 0 Å². The van der Waals surface area contributed by atoms with Crippen molar-refractivity contribution in [2.24, 2.45) is 0 Å². The summed E-state index contributed by atoms with van der Waals surface area (Å²) in [6.45, 7) is 6.64. The Labute approximate surface area is 111 Å². The summed E-state index contributed by atoms with van der Waals surface area (Å²) in [7, 11) is 0. The highest BCUT2D eigenvalue weighted by Crippen LogP contribution is 2.18. The summed E-state index contributed by atoms with van der Waals surface area (Å²) in [5.74, 6) is 2.50. The van der Waals surface area contributed by atoms with Crippen molar-refractivity contribution in [1.29, 1.82) is 0 Å². The van der Waals surface area contributed by atoms with Crippen LogP contribution in [0.1, 0.15) is 52.4 Å². The molecule has 0 spiro atoms. The SMILES string of the molecule is CCCNC(CCCC1CCCO1)CSCC. The Morgan fingerprint density at radius 3 is 2.94 bits per heavy atom. The minimum Gasteiger partial charge on any atom is -0.378 e. The Hall–Kier alpha value is 0.270. The van der Waals surface area contributed by atoms with Crippen molar-refractivity contribution in [3.05, 3.63) is 0 Å². The van der Waals surface area contributed by atoms with Gasteiger partial charge in [-0.1, -0.05) is 13.8 Å². The van der Waals surface area contributed by atoms with Crippen LogP contribution in [0.2, 0.25) is 0 Å². The lowest BCUT2D eigenvalue weighted by molar-refractivity contribution is 0.101. The van der Waals surface area contributed by atoms with E-state index in [0.29, 0.717) is 12.1 Å². The molecule has 0 aromatic rings. The number of hydrogen-bond acceptors (Lipinski definition) is 3. The van der Waals surface area contributed by atoms with Crippen molar-refractivity contribution in [2.75, 3.05) is 24.7 Å². The molecule has 0 aromatic heterocycles. The lowest BCUT2D eigenvalue weighted by atomic mass is 10.1. The Bertz CT molecular complexity index is 164. The molecule has 2 unspecified atom stereocenters. The third-order valence-corrected chi connectivity index (χ3v) is 4.36. The Kier molecular flexibility index (Phi) is 9.21. The Balaban J connectivity index is 2.08. The Morgan fingerprint density at radius 2 is 2.29 bits per heavy atom. The lowest BCUT2D eigenvalue weighted by Crippen LogP contribution is -2.32. The molecular formula is C14H29NOS. The first-order valence-corrected chi connectivity index (χ1v) is 8.45. The van der Waals surface area contributed by atoms with Crippen LogP contribution in [-0.4, -0.2) is 36.8 Å². The predicted octanol–water partition coefficient (Wildman–Crippen LogP) is 3.46. The molecule has 1 N–H and O–H groups in total. The zero-order valence-corrected chi connectivity index (χ0v) is 12.4. The molecular weight excluding hydrogens is 230 g/mol. The monoisotopic (exact) mass is 259 g/mol. The molecule has 3 heteroatoms. The van der Waals surface area contributed by atoms with Gasteiger partial charge in [0.25, 0.3) is 0 Å². The van der Waals surface area contributed by atoms with E-state index in [2.05, 4.69) is 30.9 Å². The van der Waals surface area contributed by atoms with Gasteiger partial charge in [0.1, 0.15) is 0 Å². The maximum atomic E-state index is 5.67. The van der Waals surface area contributed by atoms with Crippen LogP contribution in [0.25, 0.3) is 0 Å². The highest BCUT2D eigenvalue weighted by atomic mass is 32.2. The fourth-order valence-corrected chi connectivity index (χ4v) is 3.12. The molecule has 17 heavy (non-hydrogen) atoms. The van der Waals surface area contributed by atoms with Crippen molar-refractivity contribution in [1.82, 2.24) is 5.32 Å². The van der Waals surface area contributed by atoms with E-state index in [-0.39, 0.29) is 0 Å². The van der Waals surface area contributed by atoms with E-state index in [1.165, 1.54) is 50.0 Å². The summed E-state index contributed by atoms with van der Waals surface area (Å²) in [6.07, 6.45) is 8.26. The molecule has 0 aliphatic carbocycles. The van der Waals surface area contributed by atoms with Crippen LogP contribution in [0.3, 0.4) is 0 Å². The van der Waals surface area contributed by atoms with Gasteiger partial charge in [0.05, 0.1) is 6.10 Å². The summed E-state index contributed by atoms with van der Waals surface area (Å²) >= 11 is 2.06. The molecule has 0 bridgehead atoms. The molecule has 1 aliphatic heterocycles. The van der Waals surface area contributed by atoms with E-state index < -0.39 is 0 Å². The van der Waals surface area contributed by atoms with Crippen LogP contribution in [0.4, 0.5) is 0 Å². The summed E-state index contributed by atoms with van der Waals surface area (Å²) in [5, 5.41) is 3.67. The zero-order valence-electron chi connectivity index (χ0n) is 11.5. The lowest BCUT2D eigenvalue weighted by Gasteiger charge is -2.18. The molecule has 1 aliphatic rings. The van der Waals surface area contributed by atoms with Crippen LogP contribution >= 0.6 is 11.8 Å². The van der Waals surface area contributed by atoms with Crippen LogP contribution in [-0.2, 0) is 4.74 Å². The van der Waals surface area contributed by atoms with Gasteiger partial charge in [-0.25, -0.2) is 0 Å². The van der Waals surface area contributed by atoms with Crippen molar-refractivity contribution >= 4 is 11.8 Å². The molecule has 2 nitrogen and oxygen atoms in total. The minimum absolute atomic E-state index is 0.570. The van der Waals surface area contributed by atoms with Crippen LogP contribution in [0, 0.1) is 0 Å². The zero-order chi connectivity index (χ0) is 12.3. The maximum absolute atomic E-state index is 5.67. The van der Waals surface area contributed by atoms with Crippen molar-refractivity contribution in [3.63, 3.8) is 0 Å². The van der Waals surface area contributed by atoms with Crippen molar-refractivity contribution < 1.29 is 4.74 Å². The van der Waals surface area contributed by atoms with E-state index in [4.69, 9.17) is 4.74 Å². The van der Waals surface area contributed by atoms with Gasteiger partial charge in [-0.2, -0.15) is 11.8 Å². The van der Waals surface area contributed by atoms with E-state index in [1.807, 2.05) is 0 Å². The van der Waals surface area contributed by atoms with Gasteiger partial charge < -0.3 is 10.1 Å². The Morgan fingerprint density at radius 1 is 1.41 bits per heavy atom. The molecule has 1 fully saturated rings. The first kappa shape index (κ1) is 15.3. The van der Waals surface area contributed by atoms with Gasteiger partial charge in [0.2, 0.25) is 0 Å². The quantitative estimate of drug-likeness (QED) is 0.649. The van der Waals surface area contributed by atoms with E-state index in [9.17, 15) is 0 Å². The summed E-state index contributed by atoms with van der Waals surface area (Å²) < 4.78 is 5.67. The van der Waals surface area contributed by atoms with Crippen LogP contribution in [0.5, 0.6) is 0 Å². The number of ether oxygens (including phenoxy) is 1. The molecule has 102 valence electrons. The fraction of sp³-hybridized carbons (Fsp3) is 1.00. The average molecular weight is 259 g/mol. The van der Waals surface area contributed by atoms with E-state index in [0.717, 1.165) is 13.2 Å². The first-order chi connectivity index (χ1) is 8.36. The van der Waals surface area contributed by atoms with E-state index in [1.54, 1.807) is 0 Å². The van der Waals surface area contributed by atoms with Gasteiger partial charge in [-0.05, 0) is 50.8 Å². The topological polar surface area (TPSA) is 21.3 Å². The van der Waals surface area contributed by atoms with Gasteiger partial charge in [-0.15, -0.1) is 0 Å². The number of rotatable bonds is 10. The van der Waals surface area contributed by atoms with Gasteiger partial charge >= 0.3 is 0 Å². The summed E-state index contributed by atoms with van der Waals surface area (Å²) in [5.41, 5.74) is 0. The summed E-state index contributed by atoms with van der Waals surface area (Å²) in [4.78, 5) is 0. The van der Waals surface area contributed by atoms with Gasteiger partial charge in [0, 0.05) is 18.4 Å². The number of thioether (sulfide) groups is 1. The third kappa shape index (κ3) is 7.32. The van der Waals surface area contributed by atoms with Crippen LogP contribution in [0.15, 0.2) is 0 Å². The molecule has 0 saturated carbocycles. The molecule has 2 atom stereocenters. The van der Waals surface area contributed by atoms with Gasteiger partial charge in [-0.3, -0.25) is 0 Å². The third-order valence-electron chi connectivity index (χ3n) is 3.31. The van der Waals surface area contributed by atoms with Crippen molar-refractivity contribution in [2.45, 2.75) is 64.5 Å². The second-order valence-corrected chi connectivity index (χ2v) is 6.20. The average Bonchev–Trinajstić information content (AvgIpc) is 2.85. The normalized spacial score (nSPS) is 21.9. The standard InChI is InChI=1S/C14H29NOS/c1-3-10-15-13(12-17-4-2)7-5-8-14-9-6-11-16-14/h13-15H,3-12H2,1-2H3. The smallest absolute Gasteiger partial charge is 0.0576 e. The highest BCUT2D eigenvalue weighted by Gasteiger charge is 2.16. The predicted molar refractivity (Wildman–Crippen MR) is 77.9 cm³/mol. The molecule has 0 radical (unpaired) electrons. The molecule has 1 heterocycles. The minimum atomic E-state index is 0.570. The number of hydrogen-bond donors (Lipinski definition) is 1. The first-order valence-electron chi connectivity index (χ1n) is 7.29. The van der Waals surface area contributed by atoms with Gasteiger partial charge in [0.15, 0.2) is 0 Å². The molecule has 1 saturated heterocycles. The van der Waals surface area contributed by atoms with E-state index >= 15 is 0 Å². The largest absolute Gasteiger partial charge is 0.378 e. The second kappa shape index (κ2) is 10.2. The molecule has 1 rings (SSSR count). The molecule has 0 aromatic carbocycles. The number of nitrogens with one attached hydrogen (secondary N) is 1. The fourth-order valence-electron chi connectivity index (χ4n) is 2.32. The highest BCUT2D eigenvalue weighted by molar-refractivity contribution is 7.99. The molecule has 0 amide bonds. The van der Waals surface area contributed by atoms with Crippen LogP contribution < -0.4 is 5.32 Å². The maximum Gasteiger partial charge on any atom is 0.0576 e. The second-order valence-electron chi connectivity index (χ2n) is 4.88.